The van der Waals surface area contributed by atoms with Gasteiger partial charge in [-0.25, -0.2) is 4.68 Å². The molecule has 2 aromatic rings. The normalized spacial score (nSPS) is 21.0. The first-order valence-electron chi connectivity index (χ1n) is 6.85. The summed E-state index contributed by atoms with van der Waals surface area (Å²) in [6.45, 7) is -0.0103. The third-order valence-electron chi connectivity index (χ3n) is 4.01. The molecule has 122 valence electrons. The number of carboxylic acid groups (broad SMARTS) is 1. The fourth-order valence-corrected chi connectivity index (χ4v) is 3.00. The third-order valence-corrected chi connectivity index (χ3v) is 4.01. The maximum atomic E-state index is 13.2. The number of nitrogen functional groups attached to an aromatic ring is 1. The second-order valence-corrected chi connectivity index (χ2v) is 5.41. The Morgan fingerprint density at radius 3 is 2.70 bits per heavy atom. The molecule has 6 nitrogen and oxygen atoms in total. The molecule has 3 rings (SSSR count). The van der Waals surface area contributed by atoms with Crippen molar-refractivity contribution < 1.29 is 23.1 Å². The van der Waals surface area contributed by atoms with Crippen LogP contribution in [0.15, 0.2) is 24.3 Å². The zero-order chi connectivity index (χ0) is 16.8. The Hall–Kier alpha value is -2.58. The van der Waals surface area contributed by atoms with E-state index in [9.17, 15) is 23.1 Å². The molecule has 2 heterocycles. The highest BCUT2D eigenvalue weighted by molar-refractivity contribution is 5.72. The summed E-state index contributed by atoms with van der Waals surface area (Å²) in [5.41, 5.74) is 4.62. The summed E-state index contributed by atoms with van der Waals surface area (Å²) in [6, 6.07) is 5.02. The van der Waals surface area contributed by atoms with Gasteiger partial charge in [-0.1, -0.05) is 18.2 Å². The van der Waals surface area contributed by atoms with Crippen molar-refractivity contribution in [3.8, 4) is 0 Å². The molecule has 0 radical (unpaired) electrons. The summed E-state index contributed by atoms with van der Waals surface area (Å²) in [5.74, 6) is -2.70. The van der Waals surface area contributed by atoms with Gasteiger partial charge in [0, 0.05) is 12.3 Å². The molecule has 3 N–H and O–H groups in total. The van der Waals surface area contributed by atoms with E-state index in [4.69, 9.17) is 5.73 Å². The molecular formula is C14H13F3N4O2. The van der Waals surface area contributed by atoms with Gasteiger partial charge in [-0.05, 0) is 11.6 Å². The van der Waals surface area contributed by atoms with E-state index in [1.54, 1.807) is 0 Å². The van der Waals surface area contributed by atoms with E-state index >= 15 is 0 Å². The minimum Gasteiger partial charge on any atom is -0.481 e. The number of aliphatic carboxylic acids is 1. The van der Waals surface area contributed by atoms with Crippen molar-refractivity contribution >= 4 is 11.9 Å². The predicted molar refractivity (Wildman–Crippen MR) is 73.4 cm³/mol. The number of hydrogen-bond donors (Lipinski definition) is 2. The standard InChI is InChI=1S/C14H13F3N4O2/c15-14(16,17)10-4-2-1-3-7(10)9-6-21-11(19-13(18)20-21)5-8(9)12(22)23/h1-4,8-9H,5-6H2,(H2,18,20)(H,22,23). The summed E-state index contributed by atoms with van der Waals surface area (Å²) in [7, 11) is 0. The van der Waals surface area contributed by atoms with Gasteiger partial charge in [0.15, 0.2) is 0 Å². The molecular weight excluding hydrogens is 313 g/mol. The number of anilines is 1. The van der Waals surface area contributed by atoms with E-state index in [0.29, 0.717) is 5.82 Å². The average molecular weight is 326 g/mol. The molecule has 0 bridgehead atoms. The van der Waals surface area contributed by atoms with Crippen molar-refractivity contribution in [1.82, 2.24) is 14.8 Å². The fourth-order valence-electron chi connectivity index (χ4n) is 3.00. The van der Waals surface area contributed by atoms with Gasteiger partial charge in [-0.2, -0.15) is 18.2 Å². The Morgan fingerprint density at radius 2 is 2.04 bits per heavy atom. The lowest BCUT2D eigenvalue weighted by Crippen LogP contribution is -2.34. The first-order valence-corrected chi connectivity index (χ1v) is 6.85. The van der Waals surface area contributed by atoms with Gasteiger partial charge in [-0.15, -0.1) is 5.10 Å². The lowest BCUT2D eigenvalue weighted by Gasteiger charge is -2.30. The first-order chi connectivity index (χ1) is 10.8. The number of aromatic nitrogens is 3. The van der Waals surface area contributed by atoms with Gasteiger partial charge < -0.3 is 10.8 Å². The van der Waals surface area contributed by atoms with E-state index < -0.39 is 29.5 Å². The number of fused-ring (bicyclic) bond motifs is 1. The number of carbonyl (C=O) groups is 1. The van der Waals surface area contributed by atoms with E-state index in [1.807, 2.05) is 0 Å². The summed E-state index contributed by atoms with van der Waals surface area (Å²) >= 11 is 0. The van der Waals surface area contributed by atoms with Crippen LogP contribution in [-0.2, 0) is 23.9 Å². The van der Waals surface area contributed by atoms with Gasteiger partial charge >= 0.3 is 12.1 Å². The van der Waals surface area contributed by atoms with Crippen LogP contribution >= 0.6 is 0 Å². The van der Waals surface area contributed by atoms with Gasteiger partial charge in [0.25, 0.3) is 0 Å². The van der Waals surface area contributed by atoms with Crippen LogP contribution in [0.3, 0.4) is 0 Å². The molecule has 0 saturated carbocycles. The number of halogens is 3. The maximum Gasteiger partial charge on any atom is 0.416 e. The topological polar surface area (TPSA) is 94.0 Å². The fraction of sp³-hybridized carbons (Fsp3) is 0.357. The summed E-state index contributed by atoms with van der Waals surface area (Å²) in [5, 5.41) is 13.3. The molecule has 23 heavy (non-hydrogen) atoms. The lowest BCUT2D eigenvalue weighted by molar-refractivity contribution is -0.145. The van der Waals surface area contributed by atoms with Crippen LogP contribution in [0.5, 0.6) is 0 Å². The molecule has 0 aliphatic carbocycles. The Bertz CT molecular complexity index is 757. The Morgan fingerprint density at radius 1 is 1.35 bits per heavy atom. The summed E-state index contributed by atoms with van der Waals surface area (Å²) in [4.78, 5) is 15.5. The number of carboxylic acids is 1. The number of benzene rings is 1. The summed E-state index contributed by atoms with van der Waals surface area (Å²) < 4.78 is 41.1. The van der Waals surface area contributed by atoms with Crippen LogP contribution in [0.4, 0.5) is 19.1 Å². The van der Waals surface area contributed by atoms with Gasteiger partial charge in [-0.3, -0.25) is 4.79 Å². The Labute approximate surface area is 128 Å². The van der Waals surface area contributed by atoms with Crippen molar-refractivity contribution in [2.24, 2.45) is 5.92 Å². The minimum atomic E-state index is -4.55. The van der Waals surface area contributed by atoms with Gasteiger partial charge in [0.05, 0.1) is 18.0 Å². The number of rotatable bonds is 2. The minimum absolute atomic E-state index is 0.0103. The number of alkyl halides is 3. The van der Waals surface area contributed by atoms with Crippen molar-refractivity contribution in [3.05, 3.63) is 41.2 Å². The van der Waals surface area contributed by atoms with Crippen molar-refractivity contribution in [2.75, 3.05) is 5.73 Å². The molecule has 1 aromatic carbocycles. The van der Waals surface area contributed by atoms with Crippen molar-refractivity contribution in [2.45, 2.75) is 25.1 Å². The molecule has 2 atom stereocenters. The van der Waals surface area contributed by atoms with Crippen LogP contribution in [0.1, 0.15) is 22.9 Å². The highest BCUT2D eigenvalue weighted by atomic mass is 19.4. The molecule has 0 spiro atoms. The first kappa shape index (κ1) is 15.3. The zero-order valence-electron chi connectivity index (χ0n) is 11.8. The van der Waals surface area contributed by atoms with Crippen LogP contribution in [0, 0.1) is 5.92 Å². The van der Waals surface area contributed by atoms with Crippen molar-refractivity contribution in [3.63, 3.8) is 0 Å². The highest BCUT2D eigenvalue weighted by Crippen LogP contribution is 2.40. The average Bonchev–Trinajstić information content (AvgIpc) is 2.84. The largest absolute Gasteiger partial charge is 0.481 e. The molecule has 0 saturated heterocycles. The zero-order valence-corrected chi connectivity index (χ0v) is 11.8. The highest BCUT2D eigenvalue weighted by Gasteiger charge is 2.41. The smallest absolute Gasteiger partial charge is 0.416 e. The van der Waals surface area contributed by atoms with Gasteiger partial charge in [0.2, 0.25) is 5.95 Å². The monoisotopic (exact) mass is 326 g/mol. The lowest BCUT2D eigenvalue weighted by atomic mass is 9.79. The number of nitrogens with two attached hydrogens (primary N) is 1. The van der Waals surface area contributed by atoms with E-state index in [1.165, 1.54) is 22.9 Å². The van der Waals surface area contributed by atoms with Crippen LogP contribution in [-0.4, -0.2) is 25.8 Å². The van der Waals surface area contributed by atoms with Crippen LogP contribution < -0.4 is 5.73 Å². The maximum absolute atomic E-state index is 13.2. The van der Waals surface area contributed by atoms with E-state index in [0.717, 1.165) is 6.07 Å². The van der Waals surface area contributed by atoms with E-state index in [-0.39, 0.29) is 24.5 Å². The second kappa shape index (κ2) is 5.25. The molecule has 9 heteroatoms. The van der Waals surface area contributed by atoms with Crippen LogP contribution in [0.25, 0.3) is 0 Å². The Balaban J connectivity index is 2.09. The molecule has 1 aromatic heterocycles. The molecule has 1 aliphatic rings. The molecule has 1 aliphatic heterocycles. The number of nitrogens with zero attached hydrogens (tertiary/aromatic N) is 3. The van der Waals surface area contributed by atoms with Crippen LogP contribution in [0.2, 0.25) is 0 Å². The van der Waals surface area contributed by atoms with Gasteiger partial charge in [0.1, 0.15) is 5.82 Å². The second-order valence-electron chi connectivity index (χ2n) is 5.41. The van der Waals surface area contributed by atoms with E-state index in [2.05, 4.69) is 10.1 Å². The molecule has 0 fully saturated rings. The van der Waals surface area contributed by atoms with Crippen molar-refractivity contribution in [1.29, 1.82) is 0 Å². The third kappa shape index (κ3) is 2.73. The molecule has 0 amide bonds. The summed E-state index contributed by atoms with van der Waals surface area (Å²) in [6.07, 6.45) is -4.57. The SMILES string of the molecule is Nc1nc2n(n1)CC(c1ccccc1C(F)(F)F)C(C(=O)O)C2. The quantitative estimate of drug-likeness (QED) is 0.879. The molecule has 2 unspecified atom stereocenters. The number of hydrogen-bond acceptors (Lipinski definition) is 4. The predicted octanol–water partition coefficient (Wildman–Crippen LogP) is 1.92. The Kier molecular flexibility index (Phi) is 3.50.